The first-order valence-electron chi connectivity index (χ1n) is 6.42. The largest absolute Gasteiger partial charge is 0.395 e. The summed E-state index contributed by atoms with van der Waals surface area (Å²) in [6.45, 7) is 4.13. The number of hydrogen-bond donors (Lipinski definition) is 2. The molecule has 0 aromatic carbocycles. The van der Waals surface area contributed by atoms with Crippen molar-refractivity contribution >= 4 is 5.91 Å². The highest BCUT2D eigenvalue weighted by Gasteiger charge is 2.24. The highest BCUT2D eigenvalue weighted by molar-refractivity contribution is 5.78. The number of amides is 1. The van der Waals surface area contributed by atoms with Crippen LogP contribution in [-0.4, -0.2) is 71.4 Å². The Hall–Kier alpha value is -0.650. The Bertz CT molecular complexity index is 230. The van der Waals surface area contributed by atoms with E-state index in [9.17, 15) is 4.79 Å². The summed E-state index contributed by atoms with van der Waals surface area (Å²) in [4.78, 5) is 15.8. The molecule has 1 atom stereocenters. The number of aliphatic hydroxyl groups is 2. The molecule has 1 heterocycles. The molecule has 0 spiro atoms. The maximum Gasteiger partial charge on any atom is 0.236 e. The van der Waals surface area contributed by atoms with Gasteiger partial charge in [-0.1, -0.05) is 0 Å². The van der Waals surface area contributed by atoms with Crippen molar-refractivity contribution in [3.05, 3.63) is 0 Å². The molecule has 0 radical (unpaired) electrons. The van der Waals surface area contributed by atoms with Gasteiger partial charge in [0.2, 0.25) is 5.91 Å². The standard InChI is InChI=1S/C12H24N2O3/c1-11-4-2-3-5-14(11)12(17)10-13(6-8-15)7-9-16/h11,15-16H,2-10H2,1H3. The highest BCUT2D eigenvalue weighted by atomic mass is 16.3. The van der Waals surface area contributed by atoms with E-state index in [1.54, 1.807) is 4.90 Å². The van der Waals surface area contributed by atoms with Crippen LogP contribution in [-0.2, 0) is 4.79 Å². The lowest BCUT2D eigenvalue weighted by Gasteiger charge is -2.35. The molecule has 5 heteroatoms. The first-order valence-corrected chi connectivity index (χ1v) is 6.42. The summed E-state index contributed by atoms with van der Waals surface area (Å²) < 4.78 is 0. The number of nitrogens with zero attached hydrogens (tertiary/aromatic N) is 2. The number of rotatable bonds is 6. The van der Waals surface area contributed by atoms with Crippen molar-refractivity contribution in [1.82, 2.24) is 9.80 Å². The van der Waals surface area contributed by atoms with Crippen LogP contribution >= 0.6 is 0 Å². The van der Waals surface area contributed by atoms with E-state index in [4.69, 9.17) is 10.2 Å². The fourth-order valence-corrected chi connectivity index (χ4v) is 2.30. The minimum atomic E-state index is 0.0167. The van der Waals surface area contributed by atoms with Crippen LogP contribution in [0.15, 0.2) is 0 Å². The van der Waals surface area contributed by atoms with Crippen molar-refractivity contribution in [2.45, 2.75) is 32.2 Å². The second-order valence-corrected chi connectivity index (χ2v) is 4.66. The molecule has 0 bridgehead atoms. The molecular weight excluding hydrogens is 220 g/mol. The minimum Gasteiger partial charge on any atom is -0.395 e. The first kappa shape index (κ1) is 14.4. The fourth-order valence-electron chi connectivity index (χ4n) is 2.30. The van der Waals surface area contributed by atoms with Crippen LogP contribution < -0.4 is 0 Å². The van der Waals surface area contributed by atoms with Gasteiger partial charge in [0.15, 0.2) is 0 Å². The number of hydrogen-bond acceptors (Lipinski definition) is 4. The smallest absolute Gasteiger partial charge is 0.236 e. The number of carbonyl (C=O) groups is 1. The zero-order valence-corrected chi connectivity index (χ0v) is 10.6. The van der Waals surface area contributed by atoms with Gasteiger partial charge in [-0.25, -0.2) is 0 Å². The number of likely N-dealkylation sites (tertiary alicyclic amines) is 1. The topological polar surface area (TPSA) is 64.0 Å². The van der Waals surface area contributed by atoms with E-state index in [-0.39, 0.29) is 19.1 Å². The van der Waals surface area contributed by atoms with Crippen LogP contribution in [0.2, 0.25) is 0 Å². The number of carbonyl (C=O) groups excluding carboxylic acids is 1. The molecule has 17 heavy (non-hydrogen) atoms. The fraction of sp³-hybridized carbons (Fsp3) is 0.917. The third-order valence-electron chi connectivity index (χ3n) is 3.31. The molecule has 0 aliphatic carbocycles. The van der Waals surface area contributed by atoms with Gasteiger partial charge in [0.25, 0.3) is 0 Å². The van der Waals surface area contributed by atoms with Crippen LogP contribution in [0.4, 0.5) is 0 Å². The highest BCUT2D eigenvalue weighted by Crippen LogP contribution is 2.16. The summed E-state index contributed by atoms with van der Waals surface area (Å²) in [7, 11) is 0. The van der Waals surface area contributed by atoms with E-state index in [2.05, 4.69) is 6.92 Å². The first-order chi connectivity index (χ1) is 8.19. The van der Waals surface area contributed by atoms with E-state index in [1.807, 2.05) is 4.90 Å². The normalized spacial score (nSPS) is 20.9. The second kappa shape index (κ2) is 7.63. The van der Waals surface area contributed by atoms with E-state index in [0.29, 0.717) is 25.7 Å². The van der Waals surface area contributed by atoms with Crippen LogP contribution in [0.1, 0.15) is 26.2 Å². The predicted molar refractivity (Wildman–Crippen MR) is 65.6 cm³/mol. The third-order valence-corrected chi connectivity index (χ3v) is 3.31. The number of aliphatic hydroxyl groups excluding tert-OH is 2. The van der Waals surface area contributed by atoms with Gasteiger partial charge in [0.1, 0.15) is 0 Å². The molecule has 1 aliphatic heterocycles. The Balaban J connectivity index is 2.44. The summed E-state index contributed by atoms with van der Waals surface area (Å²) in [6.07, 6.45) is 3.35. The molecule has 2 N–H and O–H groups in total. The average molecular weight is 244 g/mol. The molecule has 5 nitrogen and oxygen atoms in total. The lowest BCUT2D eigenvalue weighted by atomic mass is 10.0. The van der Waals surface area contributed by atoms with Gasteiger partial charge < -0.3 is 15.1 Å². The lowest BCUT2D eigenvalue weighted by molar-refractivity contribution is -0.135. The molecule has 1 rings (SSSR count). The minimum absolute atomic E-state index is 0.0167. The van der Waals surface area contributed by atoms with Crippen molar-refractivity contribution in [3.8, 4) is 0 Å². The van der Waals surface area contributed by atoms with Crippen molar-refractivity contribution in [1.29, 1.82) is 0 Å². The van der Waals surface area contributed by atoms with Gasteiger partial charge in [-0.2, -0.15) is 0 Å². The van der Waals surface area contributed by atoms with Gasteiger partial charge >= 0.3 is 0 Å². The van der Waals surface area contributed by atoms with Gasteiger partial charge in [0.05, 0.1) is 19.8 Å². The van der Waals surface area contributed by atoms with E-state index in [0.717, 1.165) is 19.4 Å². The maximum absolute atomic E-state index is 12.1. The third kappa shape index (κ3) is 4.61. The zero-order chi connectivity index (χ0) is 12.7. The van der Waals surface area contributed by atoms with Crippen LogP contribution in [0.25, 0.3) is 0 Å². The molecule has 100 valence electrons. The van der Waals surface area contributed by atoms with Gasteiger partial charge in [-0.05, 0) is 26.2 Å². The molecular formula is C12H24N2O3. The Kier molecular flexibility index (Phi) is 6.47. The molecule has 1 unspecified atom stereocenters. The predicted octanol–water partition coefficient (Wildman–Crippen LogP) is -0.326. The average Bonchev–Trinajstić information content (AvgIpc) is 2.30. The maximum atomic E-state index is 12.1. The summed E-state index contributed by atoms with van der Waals surface area (Å²) >= 11 is 0. The van der Waals surface area contributed by atoms with Crippen LogP contribution in [0.5, 0.6) is 0 Å². The Morgan fingerprint density at radius 1 is 1.29 bits per heavy atom. The molecule has 1 saturated heterocycles. The van der Waals surface area contributed by atoms with Crippen molar-refractivity contribution in [2.75, 3.05) is 39.4 Å². The van der Waals surface area contributed by atoms with Crippen LogP contribution in [0, 0.1) is 0 Å². The van der Waals surface area contributed by atoms with E-state index in [1.165, 1.54) is 6.42 Å². The Morgan fingerprint density at radius 3 is 2.47 bits per heavy atom. The molecule has 1 amide bonds. The lowest BCUT2D eigenvalue weighted by Crippen LogP contribution is -2.47. The Labute approximate surface area is 103 Å². The van der Waals surface area contributed by atoms with Crippen LogP contribution in [0.3, 0.4) is 0 Å². The summed E-state index contributed by atoms with van der Waals surface area (Å²) in [5.41, 5.74) is 0. The summed E-state index contributed by atoms with van der Waals surface area (Å²) in [5, 5.41) is 17.8. The molecule has 0 aromatic heterocycles. The zero-order valence-electron chi connectivity index (χ0n) is 10.6. The van der Waals surface area contributed by atoms with Crippen molar-refractivity contribution < 1.29 is 15.0 Å². The number of piperidine rings is 1. The second-order valence-electron chi connectivity index (χ2n) is 4.66. The molecule has 1 aliphatic rings. The van der Waals surface area contributed by atoms with Gasteiger partial charge in [0, 0.05) is 25.7 Å². The van der Waals surface area contributed by atoms with E-state index >= 15 is 0 Å². The van der Waals surface area contributed by atoms with Crippen molar-refractivity contribution in [3.63, 3.8) is 0 Å². The van der Waals surface area contributed by atoms with Gasteiger partial charge in [-0.3, -0.25) is 9.69 Å². The molecule has 1 fully saturated rings. The summed E-state index contributed by atoms with van der Waals surface area (Å²) in [6, 6.07) is 0.321. The monoisotopic (exact) mass is 244 g/mol. The van der Waals surface area contributed by atoms with Crippen molar-refractivity contribution in [2.24, 2.45) is 0 Å². The van der Waals surface area contributed by atoms with E-state index < -0.39 is 0 Å². The van der Waals surface area contributed by atoms with Gasteiger partial charge in [-0.15, -0.1) is 0 Å². The molecule has 0 aromatic rings. The summed E-state index contributed by atoms with van der Waals surface area (Å²) in [5.74, 6) is 0.110. The quantitative estimate of drug-likeness (QED) is 0.672. The SMILES string of the molecule is CC1CCCCN1C(=O)CN(CCO)CCO. The molecule has 0 saturated carbocycles. The Morgan fingerprint density at radius 2 is 1.94 bits per heavy atom.